The second kappa shape index (κ2) is 14.4. The van der Waals surface area contributed by atoms with Crippen molar-refractivity contribution in [2.24, 2.45) is 4.99 Å². The highest BCUT2D eigenvalue weighted by Gasteiger charge is 2.08. The van der Waals surface area contributed by atoms with Crippen molar-refractivity contribution in [2.75, 3.05) is 32.8 Å². The van der Waals surface area contributed by atoms with Gasteiger partial charge < -0.3 is 24.9 Å². The van der Waals surface area contributed by atoms with Crippen molar-refractivity contribution in [1.29, 1.82) is 0 Å². The fourth-order valence-corrected chi connectivity index (χ4v) is 2.62. The van der Waals surface area contributed by atoms with Crippen LogP contribution >= 0.6 is 24.0 Å². The van der Waals surface area contributed by atoms with Crippen LogP contribution in [0.3, 0.4) is 0 Å². The molecule has 0 radical (unpaired) electrons. The van der Waals surface area contributed by atoms with E-state index in [1.54, 1.807) is 6.26 Å². The van der Waals surface area contributed by atoms with Gasteiger partial charge >= 0.3 is 0 Å². The third kappa shape index (κ3) is 9.57. The maximum absolute atomic E-state index is 10.4. The number of guanidine groups is 1. The summed E-state index contributed by atoms with van der Waals surface area (Å²) >= 11 is 0. The Morgan fingerprint density at radius 1 is 1.21 bits per heavy atom. The van der Waals surface area contributed by atoms with Crippen LogP contribution in [0, 0.1) is 6.92 Å². The average molecular weight is 501 g/mol. The van der Waals surface area contributed by atoms with Crippen LogP contribution in [0.5, 0.6) is 0 Å². The molecule has 1 unspecified atom stereocenters. The van der Waals surface area contributed by atoms with Crippen molar-refractivity contribution in [3.05, 3.63) is 59.5 Å². The Bertz CT molecular complexity index is 677. The third-order valence-corrected chi connectivity index (χ3v) is 4.06. The molecular weight excluding hydrogens is 469 g/mol. The molecule has 0 saturated heterocycles. The average Bonchev–Trinajstić information content (AvgIpc) is 3.18. The van der Waals surface area contributed by atoms with Gasteiger partial charge in [0.25, 0.3) is 0 Å². The molecule has 0 aliphatic carbocycles. The van der Waals surface area contributed by atoms with E-state index in [-0.39, 0.29) is 24.0 Å². The Morgan fingerprint density at radius 3 is 2.75 bits per heavy atom. The number of nitrogens with one attached hydrogen (secondary N) is 2. The topological polar surface area (TPSA) is 79.0 Å². The van der Waals surface area contributed by atoms with Gasteiger partial charge in [0, 0.05) is 32.7 Å². The van der Waals surface area contributed by atoms with E-state index in [9.17, 15) is 5.11 Å². The number of aliphatic imine (C=N–C) groups is 1. The number of halogens is 1. The third-order valence-electron chi connectivity index (χ3n) is 4.06. The van der Waals surface area contributed by atoms with Crippen molar-refractivity contribution in [2.45, 2.75) is 32.8 Å². The first kappa shape index (κ1) is 24.5. The van der Waals surface area contributed by atoms with Crippen LogP contribution in [0.15, 0.2) is 52.1 Å². The molecule has 0 bridgehead atoms. The maximum atomic E-state index is 10.4. The second-order valence-electron chi connectivity index (χ2n) is 6.35. The number of ether oxygens (including phenoxy) is 1. The van der Waals surface area contributed by atoms with E-state index in [0.717, 1.165) is 49.5 Å². The minimum absolute atomic E-state index is 0. The Hall–Kier alpha value is -1.58. The molecule has 7 heteroatoms. The fourth-order valence-electron chi connectivity index (χ4n) is 2.62. The summed E-state index contributed by atoms with van der Waals surface area (Å²) in [4.78, 5) is 4.54. The summed E-state index contributed by atoms with van der Waals surface area (Å²) in [5, 5.41) is 17.0. The Balaban J connectivity index is 0.00000392. The van der Waals surface area contributed by atoms with Crippen LogP contribution in [0.2, 0.25) is 0 Å². The molecule has 156 valence electrons. The van der Waals surface area contributed by atoms with Crippen LogP contribution in [-0.4, -0.2) is 43.9 Å². The molecule has 2 aromatic rings. The monoisotopic (exact) mass is 501 g/mol. The van der Waals surface area contributed by atoms with E-state index in [1.807, 2.05) is 50.2 Å². The molecule has 1 heterocycles. The Kier molecular flexibility index (Phi) is 12.6. The van der Waals surface area contributed by atoms with Gasteiger partial charge in [-0.25, -0.2) is 0 Å². The number of aliphatic hydroxyl groups excluding tert-OH is 1. The molecule has 2 rings (SSSR count). The molecule has 0 spiro atoms. The summed E-state index contributed by atoms with van der Waals surface area (Å²) in [5.41, 5.74) is 2.01. The Morgan fingerprint density at radius 2 is 2.04 bits per heavy atom. The van der Waals surface area contributed by atoms with Gasteiger partial charge in [-0.1, -0.05) is 29.8 Å². The lowest BCUT2D eigenvalue weighted by Gasteiger charge is -2.14. The lowest BCUT2D eigenvalue weighted by Crippen LogP contribution is -2.39. The first-order chi connectivity index (χ1) is 13.2. The predicted molar refractivity (Wildman–Crippen MR) is 123 cm³/mol. The van der Waals surface area contributed by atoms with E-state index in [0.29, 0.717) is 19.0 Å². The normalized spacial score (nSPS) is 12.3. The molecule has 0 aliphatic rings. The quantitative estimate of drug-likeness (QED) is 0.190. The molecule has 0 aliphatic heterocycles. The molecule has 6 nitrogen and oxygen atoms in total. The zero-order chi connectivity index (χ0) is 19.3. The Labute approximate surface area is 184 Å². The van der Waals surface area contributed by atoms with Crippen LogP contribution in [-0.2, 0) is 11.2 Å². The highest BCUT2D eigenvalue weighted by Crippen LogP contribution is 2.14. The number of hydrogen-bond donors (Lipinski definition) is 3. The molecule has 1 aromatic heterocycles. The van der Waals surface area contributed by atoms with E-state index >= 15 is 0 Å². The summed E-state index contributed by atoms with van der Waals surface area (Å²) in [6.45, 7) is 7.20. The number of aryl methyl sites for hydroxylation is 1. The molecule has 1 atom stereocenters. The number of nitrogens with zero attached hydrogens (tertiary/aromatic N) is 1. The van der Waals surface area contributed by atoms with Gasteiger partial charge in [0.2, 0.25) is 0 Å². The smallest absolute Gasteiger partial charge is 0.191 e. The summed E-state index contributed by atoms with van der Waals surface area (Å²) in [6, 6.07) is 11.7. The van der Waals surface area contributed by atoms with E-state index in [4.69, 9.17) is 9.15 Å². The van der Waals surface area contributed by atoms with Crippen molar-refractivity contribution in [1.82, 2.24) is 10.6 Å². The number of furan rings is 1. The van der Waals surface area contributed by atoms with Gasteiger partial charge in [-0.3, -0.25) is 4.99 Å². The first-order valence-corrected chi connectivity index (χ1v) is 9.56. The standard InChI is InChI=1S/C21H31N3O3.HI/c1-3-26-13-6-11-22-21(23-12-10-19-9-5-14-27-19)24-16-20(25)18-8-4-7-17(2)15-18;/h4-5,7-9,14-15,20,25H,3,6,10-13,16H2,1-2H3,(H2,22,23,24);1H. The fraction of sp³-hybridized carbons (Fsp3) is 0.476. The van der Waals surface area contributed by atoms with Gasteiger partial charge in [0.15, 0.2) is 5.96 Å². The molecule has 28 heavy (non-hydrogen) atoms. The van der Waals surface area contributed by atoms with Crippen molar-refractivity contribution < 1.29 is 14.3 Å². The lowest BCUT2D eigenvalue weighted by atomic mass is 10.1. The molecule has 0 fully saturated rings. The zero-order valence-corrected chi connectivity index (χ0v) is 19.0. The zero-order valence-electron chi connectivity index (χ0n) is 16.7. The van der Waals surface area contributed by atoms with Crippen LogP contribution in [0.4, 0.5) is 0 Å². The summed E-state index contributed by atoms with van der Waals surface area (Å²) in [6.07, 6.45) is 2.71. The van der Waals surface area contributed by atoms with Crippen LogP contribution in [0.25, 0.3) is 0 Å². The van der Waals surface area contributed by atoms with Crippen molar-refractivity contribution in [3.8, 4) is 0 Å². The van der Waals surface area contributed by atoms with Gasteiger partial charge in [-0.15, -0.1) is 24.0 Å². The summed E-state index contributed by atoms with van der Waals surface area (Å²) in [5.74, 6) is 1.61. The van der Waals surface area contributed by atoms with Crippen molar-refractivity contribution in [3.63, 3.8) is 0 Å². The van der Waals surface area contributed by atoms with E-state index < -0.39 is 6.10 Å². The number of rotatable bonds is 11. The molecule has 0 amide bonds. The van der Waals surface area contributed by atoms with Crippen molar-refractivity contribution >= 4 is 29.9 Å². The molecule has 3 N–H and O–H groups in total. The van der Waals surface area contributed by atoms with E-state index in [2.05, 4.69) is 15.6 Å². The van der Waals surface area contributed by atoms with Crippen LogP contribution in [0.1, 0.15) is 36.3 Å². The number of aliphatic hydroxyl groups is 1. The van der Waals surface area contributed by atoms with Gasteiger partial charge in [-0.2, -0.15) is 0 Å². The highest BCUT2D eigenvalue weighted by molar-refractivity contribution is 14.0. The maximum Gasteiger partial charge on any atom is 0.191 e. The molecular formula is C21H32IN3O3. The molecule has 1 aromatic carbocycles. The minimum Gasteiger partial charge on any atom is -0.469 e. The highest BCUT2D eigenvalue weighted by atomic mass is 127. The lowest BCUT2D eigenvalue weighted by molar-refractivity contribution is 0.145. The SMILES string of the molecule is CCOCCCNC(=NCC(O)c1cccc(C)c1)NCCc1ccco1.I. The van der Waals surface area contributed by atoms with Crippen LogP contribution < -0.4 is 10.6 Å². The molecule has 0 saturated carbocycles. The number of hydrogen-bond acceptors (Lipinski definition) is 4. The van der Waals surface area contributed by atoms with Gasteiger partial charge in [0.1, 0.15) is 5.76 Å². The van der Waals surface area contributed by atoms with Gasteiger partial charge in [0.05, 0.1) is 18.9 Å². The predicted octanol–water partition coefficient (Wildman–Crippen LogP) is 3.44. The van der Waals surface area contributed by atoms with E-state index in [1.165, 1.54) is 0 Å². The summed E-state index contributed by atoms with van der Waals surface area (Å²) < 4.78 is 10.7. The van der Waals surface area contributed by atoms with Gasteiger partial charge in [-0.05, 0) is 38.0 Å². The largest absolute Gasteiger partial charge is 0.469 e. The first-order valence-electron chi connectivity index (χ1n) is 9.56. The number of benzene rings is 1. The second-order valence-corrected chi connectivity index (χ2v) is 6.35. The minimum atomic E-state index is -0.628. The summed E-state index contributed by atoms with van der Waals surface area (Å²) in [7, 11) is 0.